The van der Waals surface area contributed by atoms with Crippen LogP contribution < -0.4 is 9.64 Å². The molecule has 27 heavy (non-hydrogen) atoms. The number of hydrogen-bond donors (Lipinski definition) is 0. The minimum atomic E-state index is -2.98. The van der Waals surface area contributed by atoms with Crippen molar-refractivity contribution in [1.82, 2.24) is 0 Å². The normalized spacial score (nSPS) is 23.0. The molecule has 1 saturated heterocycles. The first kappa shape index (κ1) is 18.7. The molecule has 0 N–H and O–H groups in total. The van der Waals surface area contributed by atoms with Crippen molar-refractivity contribution < 1.29 is 13.2 Å². The van der Waals surface area contributed by atoms with Gasteiger partial charge in [0, 0.05) is 16.0 Å². The lowest BCUT2D eigenvalue weighted by Crippen LogP contribution is -2.28. The molecule has 2 aromatic rings. The molecule has 2 aliphatic heterocycles. The van der Waals surface area contributed by atoms with Gasteiger partial charge < -0.3 is 9.64 Å². The third-order valence-corrected chi connectivity index (χ3v) is 8.32. The van der Waals surface area contributed by atoms with Crippen LogP contribution in [0, 0.1) is 0 Å². The Kier molecular flexibility index (Phi) is 5.09. The number of rotatable bonds is 4. The first-order chi connectivity index (χ1) is 12.9. The van der Waals surface area contributed by atoms with E-state index in [2.05, 4.69) is 4.90 Å². The molecule has 2 unspecified atom stereocenters. The topological polar surface area (TPSA) is 59.0 Å². The fourth-order valence-electron chi connectivity index (χ4n) is 3.30. The second kappa shape index (κ2) is 7.37. The number of sulfone groups is 1. The van der Waals surface area contributed by atoms with E-state index in [4.69, 9.17) is 21.3 Å². The zero-order valence-corrected chi connectivity index (χ0v) is 17.1. The van der Waals surface area contributed by atoms with E-state index in [1.165, 1.54) is 0 Å². The van der Waals surface area contributed by atoms with Gasteiger partial charge in [-0.25, -0.2) is 8.42 Å². The number of aliphatic imine (C=N–C) groups is 1. The Hall–Kier alpha value is -1.70. The summed E-state index contributed by atoms with van der Waals surface area (Å²) in [5.41, 5.74) is 1.95. The summed E-state index contributed by atoms with van der Waals surface area (Å²) in [6.45, 7) is 0.560. The zero-order valence-electron chi connectivity index (χ0n) is 14.7. The SMILES string of the molecule is COc1ccc(N(Cc2ccccc2Cl)C2=NC3CS(=O)(=O)CC3S2)cc1. The lowest BCUT2D eigenvalue weighted by Gasteiger charge is -2.25. The van der Waals surface area contributed by atoms with E-state index in [0.29, 0.717) is 11.6 Å². The van der Waals surface area contributed by atoms with Gasteiger partial charge in [-0.15, -0.1) is 0 Å². The second-order valence-corrected chi connectivity index (χ2v) is 10.4. The molecule has 0 amide bonds. The van der Waals surface area contributed by atoms with E-state index in [1.54, 1.807) is 18.9 Å². The third-order valence-electron chi connectivity index (χ3n) is 4.71. The van der Waals surface area contributed by atoms with Crippen LogP contribution in [0.1, 0.15) is 5.56 Å². The quantitative estimate of drug-likeness (QED) is 0.753. The molecule has 2 atom stereocenters. The Balaban J connectivity index is 1.67. The summed E-state index contributed by atoms with van der Waals surface area (Å²) in [7, 11) is -1.34. The van der Waals surface area contributed by atoms with Crippen molar-refractivity contribution in [1.29, 1.82) is 0 Å². The first-order valence-electron chi connectivity index (χ1n) is 8.55. The highest BCUT2D eigenvalue weighted by molar-refractivity contribution is 8.15. The number of anilines is 1. The Morgan fingerprint density at radius 1 is 1.19 bits per heavy atom. The lowest BCUT2D eigenvalue weighted by atomic mass is 10.2. The van der Waals surface area contributed by atoms with E-state index in [1.807, 2.05) is 48.5 Å². The predicted octanol–water partition coefficient (Wildman–Crippen LogP) is 3.62. The largest absolute Gasteiger partial charge is 0.497 e. The molecule has 4 rings (SSSR count). The monoisotopic (exact) mass is 422 g/mol. The Morgan fingerprint density at radius 2 is 1.93 bits per heavy atom. The highest BCUT2D eigenvalue weighted by Gasteiger charge is 2.44. The van der Waals surface area contributed by atoms with Gasteiger partial charge in [0.2, 0.25) is 0 Å². The fourth-order valence-corrected chi connectivity index (χ4v) is 7.28. The maximum Gasteiger partial charge on any atom is 0.164 e. The number of halogens is 1. The van der Waals surface area contributed by atoms with Crippen molar-refractivity contribution in [3.8, 4) is 5.75 Å². The number of ether oxygens (including phenoxy) is 1. The van der Waals surface area contributed by atoms with E-state index >= 15 is 0 Å². The molecular formula is C19H19ClN2O3S2. The average Bonchev–Trinajstić information content (AvgIpc) is 3.14. The van der Waals surface area contributed by atoms with Crippen LogP contribution in [-0.4, -0.2) is 43.5 Å². The minimum Gasteiger partial charge on any atom is -0.497 e. The lowest BCUT2D eigenvalue weighted by molar-refractivity contribution is 0.415. The molecule has 8 heteroatoms. The predicted molar refractivity (Wildman–Crippen MR) is 112 cm³/mol. The second-order valence-electron chi connectivity index (χ2n) is 6.59. The van der Waals surface area contributed by atoms with Gasteiger partial charge in [-0.1, -0.05) is 41.6 Å². The first-order valence-corrected chi connectivity index (χ1v) is 11.6. The molecule has 1 fully saturated rings. The van der Waals surface area contributed by atoms with E-state index < -0.39 is 9.84 Å². The third kappa shape index (κ3) is 3.95. The van der Waals surface area contributed by atoms with Crippen LogP contribution >= 0.6 is 23.4 Å². The number of nitrogens with zero attached hydrogens (tertiary/aromatic N) is 2. The molecule has 0 aromatic heterocycles. The van der Waals surface area contributed by atoms with Crippen LogP contribution in [0.2, 0.25) is 5.02 Å². The molecule has 2 aliphatic rings. The average molecular weight is 423 g/mol. The summed E-state index contributed by atoms with van der Waals surface area (Å²) in [5.74, 6) is 1.11. The highest BCUT2D eigenvalue weighted by Crippen LogP contribution is 2.38. The van der Waals surface area contributed by atoms with Gasteiger partial charge in [0.05, 0.1) is 31.2 Å². The van der Waals surface area contributed by atoms with Gasteiger partial charge >= 0.3 is 0 Å². The number of benzene rings is 2. The van der Waals surface area contributed by atoms with Gasteiger partial charge in [0.25, 0.3) is 0 Å². The standard InChI is InChI=1S/C19H19ClN2O3S2/c1-25-15-8-6-14(7-9-15)22(10-13-4-2-3-5-16(13)20)19-21-17-11-27(23,24)12-18(17)26-19/h2-9,17-18H,10-12H2,1H3. The van der Waals surface area contributed by atoms with Crippen molar-refractivity contribution in [2.24, 2.45) is 4.99 Å². The van der Waals surface area contributed by atoms with Gasteiger partial charge in [-0.2, -0.15) is 0 Å². The van der Waals surface area contributed by atoms with Crippen molar-refractivity contribution in [3.05, 3.63) is 59.1 Å². The summed E-state index contributed by atoms with van der Waals surface area (Å²) in [5, 5.41) is 1.53. The van der Waals surface area contributed by atoms with Crippen LogP contribution in [0.5, 0.6) is 5.75 Å². The van der Waals surface area contributed by atoms with Gasteiger partial charge in [-0.3, -0.25) is 4.99 Å². The fraction of sp³-hybridized carbons (Fsp3) is 0.316. The molecule has 0 saturated carbocycles. The summed E-state index contributed by atoms with van der Waals surface area (Å²) in [6.07, 6.45) is 0. The van der Waals surface area contributed by atoms with Crippen molar-refractivity contribution >= 4 is 44.1 Å². The zero-order chi connectivity index (χ0) is 19.0. The van der Waals surface area contributed by atoms with Gasteiger partial charge in [0.1, 0.15) is 5.75 Å². The van der Waals surface area contributed by atoms with E-state index in [0.717, 1.165) is 22.2 Å². The minimum absolute atomic E-state index is 0.00278. The number of amidine groups is 1. The summed E-state index contributed by atoms with van der Waals surface area (Å²) in [6, 6.07) is 15.3. The molecule has 142 valence electrons. The Bertz CT molecular complexity index is 977. The van der Waals surface area contributed by atoms with Crippen LogP contribution in [0.25, 0.3) is 0 Å². The highest BCUT2D eigenvalue weighted by atomic mass is 35.5. The van der Waals surface area contributed by atoms with Crippen LogP contribution in [0.15, 0.2) is 53.5 Å². The van der Waals surface area contributed by atoms with Crippen molar-refractivity contribution in [2.45, 2.75) is 17.8 Å². The molecule has 0 spiro atoms. The Labute approximate surface area is 168 Å². The molecule has 0 bridgehead atoms. The van der Waals surface area contributed by atoms with Gasteiger partial charge in [0.15, 0.2) is 15.0 Å². The van der Waals surface area contributed by atoms with Gasteiger partial charge in [-0.05, 0) is 35.9 Å². The molecule has 0 radical (unpaired) electrons. The maximum absolute atomic E-state index is 11.9. The van der Waals surface area contributed by atoms with E-state index in [-0.39, 0.29) is 22.8 Å². The summed E-state index contributed by atoms with van der Waals surface area (Å²) >= 11 is 7.91. The van der Waals surface area contributed by atoms with E-state index in [9.17, 15) is 8.42 Å². The molecule has 2 aromatic carbocycles. The summed E-state index contributed by atoms with van der Waals surface area (Å²) < 4.78 is 29.0. The van der Waals surface area contributed by atoms with Crippen LogP contribution in [0.4, 0.5) is 5.69 Å². The molecule has 5 nitrogen and oxygen atoms in total. The van der Waals surface area contributed by atoms with Crippen LogP contribution in [0.3, 0.4) is 0 Å². The Morgan fingerprint density at radius 3 is 2.59 bits per heavy atom. The molecular weight excluding hydrogens is 404 g/mol. The number of methoxy groups -OCH3 is 1. The molecule has 2 heterocycles. The number of hydrogen-bond acceptors (Lipinski definition) is 6. The summed E-state index contributed by atoms with van der Waals surface area (Å²) in [4.78, 5) is 6.84. The van der Waals surface area contributed by atoms with Crippen molar-refractivity contribution in [3.63, 3.8) is 0 Å². The maximum atomic E-state index is 11.9. The van der Waals surface area contributed by atoms with Crippen molar-refractivity contribution in [2.75, 3.05) is 23.5 Å². The number of fused-ring (bicyclic) bond motifs is 1. The number of thioether (sulfide) groups is 1. The van der Waals surface area contributed by atoms with Crippen LogP contribution in [-0.2, 0) is 16.4 Å². The molecule has 0 aliphatic carbocycles. The smallest absolute Gasteiger partial charge is 0.164 e.